The highest BCUT2D eigenvalue weighted by molar-refractivity contribution is 7.10. The van der Waals surface area contributed by atoms with Gasteiger partial charge in [0.25, 0.3) is 17.4 Å². The number of fused-ring (bicyclic) bond motifs is 1. The third-order valence-electron chi connectivity index (χ3n) is 6.48. The van der Waals surface area contributed by atoms with Crippen LogP contribution in [0.1, 0.15) is 45.4 Å². The van der Waals surface area contributed by atoms with Crippen LogP contribution in [0.3, 0.4) is 0 Å². The second kappa shape index (κ2) is 10.0. The second-order valence-corrected chi connectivity index (χ2v) is 9.84. The molecule has 1 aromatic carbocycles. The number of rotatable bonds is 6. The molecule has 1 fully saturated rings. The SMILES string of the molecule is Cc1ccc(OCC(=O)N2CCC(c3nc(C(=O)Nc4[nH]nc5[nH]c(=O)[nH]c(=O)c45)cs3)CC2)cc1C. The largest absolute Gasteiger partial charge is 0.484 e. The maximum Gasteiger partial charge on any atom is 0.327 e. The molecule has 0 saturated carbocycles. The van der Waals surface area contributed by atoms with Gasteiger partial charge in [-0.2, -0.15) is 5.10 Å². The fourth-order valence-corrected chi connectivity index (χ4v) is 5.19. The zero-order valence-electron chi connectivity index (χ0n) is 20.2. The van der Waals surface area contributed by atoms with Gasteiger partial charge in [-0.15, -0.1) is 11.3 Å². The Hall–Kier alpha value is -4.26. The number of anilines is 1. The van der Waals surface area contributed by atoms with Crippen molar-refractivity contribution in [1.82, 2.24) is 30.0 Å². The van der Waals surface area contributed by atoms with Gasteiger partial charge in [-0.05, 0) is 49.9 Å². The summed E-state index contributed by atoms with van der Waals surface area (Å²) in [6, 6.07) is 5.77. The van der Waals surface area contributed by atoms with E-state index in [1.165, 1.54) is 16.9 Å². The van der Waals surface area contributed by atoms with Crippen molar-refractivity contribution in [3.8, 4) is 5.75 Å². The van der Waals surface area contributed by atoms with E-state index in [1.807, 2.05) is 32.0 Å². The minimum absolute atomic E-state index is 0.00620. The molecule has 3 aromatic heterocycles. The van der Waals surface area contributed by atoms with Gasteiger partial charge in [-0.25, -0.2) is 9.78 Å². The summed E-state index contributed by atoms with van der Waals surface area (Å²) in [7, 11) is 0. The van der Waals surface area contributed by atoms with Gasteiger partial charge in [-0.1, -0.05) is 6.07 Å². The monoisotopic (exact) mass is 523 g/mol. The summed E-state index contributed by atoms with van der Waals surface area (Å²) in [6.45, 7) is 5.20. The lowest BCUT2D eigenvalue weighted by molar-refractivity contribution is -0.134. The van der Waals surface area contributed by atoms with Crippen LogP contribution in [0.2, 0.25) is 0 Å². The quantitative estimate of drug-likeness (QED) is 0.300. The van der Waals surface area contributed by atoms with Crippen molar-refractivity contribution in [2.75, 3.05) is 25.0 Å². The fraction of sp³-hybridized carbons (Fsp3) is 0.333. The molecule has 4 N–H and O–H groups in total. The number of thiazole rings is 1. The summed E-state index contributed by atoms with van der Waals surface area (Å²) in [5, 5.41) is 11.5. The topological polar surface area (TPSA) is 166 Å². The number of nitrogens with zero attached hydrogens (tertiary/aromatic N) is 3. The van der Waals surface area contributed by atoms with Crippen molar-refractivity contribution in [3.63, 3.8) is 0 Å². The van der Waals surface area contributed by atoms with Gasteiger partial charge in [0.1, 0.15) is 22.6 Å². The molecule has 1 aliphatic heterocycles. The summed E-state index contributed by atoms with van der Waals surface area (Å²) in [5.74, 6) is 0.328. The number of aromatic nitrogens is 5. The minimum atomic E-state index is -0.687. The van der Waals surface area contributed by atoms with Crippen LogP contribution in [0.5, 0.6) is 5.75 Å². The summed E-state index contributed by atoms with van der Waals surface area (Å²) >= 11 is 1.38. The average molecular weight is 524 g/mol. The van der Waals surface area contributed by atoms with Gasteiger partial charge in [-0.3, -0.25) is 29.5 Å². The van der Waals surface area contributed by atoms with E-state index in [-0.39, 0.29) is 41.0 Å². The van der Waals surface area contributed by atoms with Gasteiger partial charge < -0.3 is 15.0 Å². The van der Waals surface area contributed by atoms with Crippen LogP contribution in [-0.4, -0.2) is 61.6 Å². The summed E-state index contributed by atoms with van der Waals surface area (Å²) in [6.07, 6.45) is 1.47. The second-order valence-electron chi connectivity index (χ2n) is 8.95. The first-order chi connectivity index (χ1) is 17.8. The Morgan fingerprint density at radius 3 is 2.70 bits per heavy atom. The Balaban J connectivity index is 1.16. The van der Waals surface area contributed by atoms with Crippen LogP contribution in [0.15, 0.2) is 33.2 Å². The number of carbonyl (C=O) groups excluding carboxylic acids is 2. The predicted molar refractivity (Wildman–Crippen MR) is 137 cm³/mol. The number of amides is 2. The number of carbonyl (C=O) groups is 2. The molecular weight excluding hydrogens is 498 g/mol. The number of likely N-dealkylation sites (tertiary alicyclic amines) is 1. The number of aromatic amines is 3. The standard InChI is InChI=1S/C24H25N7O5S/c1-12-3-4-15(9-13(12)2)36-10-17(32)31-7-5-14(6-8-31)23-25-16(11-37-23)21(33)26-19-18-20(30-29-19)27-24(35)28-22(18)34/h3-4,9,11,14H,5-8,10H2,1-2H3,(H4,26,27,28,29,30,33,34,35). The van der Waals surface area contributed by atoms with E-state index in [0.29, 0.717) is 18.8 Å². The lowest BCUT2D eigenvalue weighted by Gasteiger charge is -2.31. The molecular formula is C24H25N7O5S. The Kier molecular flexibility index (Phi) is 6.61. The Bertz CT molecular complexity index is 1590. The van der Waals surface area contributed by atoms with Crippen LogP contribution in [0, 0.1) is 13.8 Å². The molecule has 0 bridgehead atoms. The van der Waals surface area contributed by atoms with Crippen LogP contribution in [-0.2, 0) is 4.79 Å². The lowest BCUT2D eigenvalue weighted by atomic mass is 9.97. The molecule has 1 aliphatic rings. The van der Waals surface area contributed by atoms with Crippen molar-refractivity contribution >= 4 is 40.0 Å². The first-order valence-corrected chi connectivity index (χ1v) is 12.6. The first kappa shape index (κ1) is 24.4. The highest BCUT2D eigenvalue weighted by Gasteiger charge is 2.27. The van der Waals surface area contributed by atoms with Crippen LogP contribution in [0.4, 0.5) is 5.82 Å². The van der Waals surface area contributed by atoms with Crippen molar-refractivity contribution in [2.45, 2.75) is 32.6 Å². The molecule has 5 rings (SSSR count). The van der Waals surface area contributed by atoms with Gasteiger partial charge in [0.2, 0.25) is 0 Å². The fourth-order valence-electron chi connectivity index (χ4n) is 4.22. The van der Waals surface area contributed by atoms with Crippen LogP contribution in [0.25, 0.3) is 11.0 Å². The highest BCUT2D eigenvalue weighted by Crippen LogP contribution is 2.30. The average Bonchev–Trinajstić information content (AvgIpc) is 3.52. The number of H-pyrrole nitrogens is 3. The predicted octanol–water partition coefficient (Wildman–Crippen LogP) is 2.05. The maximum absolute atomic E-state index is 12.7. The van der Waals surface area contributed by atoms with E-state index >= 15 is 0 Å². The number of piperidine rings is 1. The van der Waals surface area contributed by atoms with Gasteiger partial charge in [0.05, 0.1) is 5.01 Å². The molecule has 37 heavy (non-hydrogen) atoms. The van der Waals surface area contributed by atoms with E-state index in [1.54, 1.807) is 10.3 Å². The number of hydrogen-bond donors (Lipinski definition) is 4. The molecule has 12 nitrogen and oxygen atoms in total. The van der Waals surface area contributed by atoms with E-state index < -0.39 is 17.2 Å². The number of benzene rings is 1. The number of hydrogen-bond acceptors (Lipinski definition) is 8. The third-order valence-corrected chi connectivity index (χ3v) is 7.49. The van der Waals surface area contributed by atoms with Gasteiger partial charge in [0.15, 0.2) is 12.3 Å². The smallest absolute Gasteiger partial charge is 0.327 e. The number of aryl methyl sites for hydroxylation is 2. The molecule has 192 valence electrons. The van der Waals surface area contributed by atoms with Crippen molar-refractivity contribution in [1.29, 1.82) is 0 Å². The van der Waals surface area contributed by atoms with Crippen LogP contribution < -0.4 is 21.3 Å². The number of nitrogens with one attached hydrogen (secondary N) is 4. The number of ether oxygens (including phenoxy) is 1. The van der Waals surface area contributed by atoms with E-state index in [0.717, 1.165) is 23.4 Å². The molecule has 0 radical (unpaired) electrons. The summed E-state index contributed by atoms with van der Waals surface area (Å²) in [4.78, 5) is 59.6. The van der Waals surface area contributed by atoms with E-state index in [2.05, 4.69) is 30.5 Å². The normalized spacial score (nSPS) is 14.2. The minimum Gasteiger partial charge on any atom is -0.484 e. The molecule has 0 atom stereocenters. The summed E-state index contributed by atoms with van der Waals surface area (Å²) in [5.41, 5.74) is 1.19. The molecule has 4 aromatic rings. The van der Waals surface area contributed by atoms with Crippen molar-refractivity contribution in [2.24, 2.45) is 0 Å². The Morgan fingerprint density at radius 2 is 1.95 bits per heavy atom. The Labute approximate surface area is 214 Å². The zero-order valence-corrected chi connectivity index (χ0v) is 21.0. The van der Waals surface area contributed by atoms with Crippen molar-refractivity contribution in [3.05, 3.63) is 66.2 Å². The van der Waals surface area contributed by atoms with Gasteiger partial charge >= 0.3 is 5.69 Å². The van der Waals surface area contributed by atoms with Crippen molar-refractivity contribution < 1.29 is 14.3 Å². The zero-order chi connectivity index (χ0) is 26.1. The van der Waals surface area contributed by atoms with E-state index in [9.17, 15) is 19.2 Å². The lowest BCUT2D eigenvalue weighted by Crippen LogP contribution is -2.40. The maximum atomic E-state index is 12.7. The molecule has 0 aliphatic carbocycles. The van der Waals surface area contributed by atoms with Gasteiger partial charge in [0, 0.05) is 24.4 Å². The van der Waals surface area contributed by atoms with E-state index in [4.69, 9.17) is 4.74 Å². The molecule has 0 unspecified atom stereocenters. The molecule has 1 saturated heterocycles. The first-order valence-electron chi connectivity index (χ1n) is 11.7. The van der Waals surface area contributed by atoms with Crippen LogP contribution >= 0.6 is 11.3 Å². The highest BCUT2D eigenvalue weighted by atomic mass is 32.1. The molecule has 4 heterocycles. The molecule has 13 heteroatoms. The third kappa shape index (κ3) is 5.16. The molecule has 0 spiro atoms. The molecule has 2 amide bonds. The Morgan fingerprint density at radius 1 is 1.16 bits per heavy atom. The summed E-state index contributed by atoms with van der Waals surface area (Å²) < 4.78 is 5.69.